The molecule has 9 nitrogen and oxygen atoms in total. The molecular formula is C34H40N4O5. The van der Waals surface area contributed by atoms with Crippen molar-refractivity contribution in [3.8, 4) is 0 Å². The van der Waals surface area contributed by atoms with Gasteiger partial charge in [-0.1, -0.05) is 66.7 Å². The topological polar surface area (TPSA) is 110 Å². The fourth-order valence-corrected chi connectivity index (χ4v) is 5.56. The molecule has 0 spiro atoms. The highest BCUT2D eigenvalue weighted by Crippen LogP contribution is 2.25. The first-order chi connectivity index (χ1) is 21.0. The molecule has 2 N–H and O–H groups in total. The molecule has 9 heteroatoms. The van der Waals surface area contributed by atoms with Crippen molar-refractivity contribution in [2.75, 3.05) is 25.0 Å². The summed E-state index contributed by atoms with van der Waals surface area (Å²) in [4.78, 5) is 45.5. The van der Waals surface area contributed by atoms with Crippen molar-refractivity contribution in [2.45, 2.75) is 64.2 Å². The van der Waals surface area contributed by atoms with Crippen LogP contribution in [0.15, 0.2) is 72.8 Å². The van der Waals surface area contributed by atoms with Crippen molar-refractivity contribution in [1.82, 2.24) is 15.2 Å². The van der Waals surface area contributed by atoms with Crippen LogP contribution in [0.3, 0.4) is 0 Å². The maximum Gasteiger partial charge on any atom is 0.408 e. The maximum atomic E-state index is 13.3. The van der Waals surface area contributed by atoms with Crippen molar-refractivity contribution < 1.29 is 23.9 Å². The van der Waals surface area contributed by atoms with E-state index in [1.807, 2.05) is 60.7 Å². The van der Waals surface area contributed by atoms with Crippen molar-refractivity contribution in [3.05, 3.63) is 95.2 Å². The van der Waals surface area contributed by atoms with Crippen LogP contribution in [0.2, 0.25) is 0 Å². The molecular weight excluding hydrogens is 544 g/mol. The average molecular weight is 585 g/mol. The Morgan fingerprint density at radius 3 is 2.28 bits per heavy atom. The number of esters is 1. The summed E-state index contributed by atoms with van der Waals surface area (Å²) in [6, 6.07) is 21.7. The van der Waals surface area contributed by atoms with E-state index in [0.717, 1.165) is 67.7 Å². The molecule has 5 rings (SSSR count). The van der Waals surface area contributed by atoms with Crippen LogP contribution in [-0.4, -0.2) is 53.5 Å². The molecule has 1 atom stereocenters. The van der Waals surface area contributed by atoms with E-state index in [1.54, 1.807) is 4.90 Å². The first-order valence-electron chi connectivity index (χ1n) is 15.2. The van der Waals surface area contributed by atoms with Crippen LogP contribution >= 0.6 is 0 Å². The zero-order valence-electron chi connectivity index (χ0n) is 24.5. The minimum absolute atomic E-state index is 0.0473. The van der Waals surface area contributed by atoms with Crippen LogP contribution < -0.4 is 10.6 Å². The highest BCUT2D eigenvalue weighted by molar-refractivity contribution is 5.88. The number of piperidine rings is 1. The lowest BCUT2D eigenvalue weighted by molar-refractivity contribution is -0.150. The van der Waals surface area contributed by atoms with E-state index in [4.69, 9.17) is 14.5 Å². The number of benzene rings is 2. The van der Waals surface area contributed by atoms with E-state index in [-0.39, 0.29) is 25.5 Å². The molecule has 0 bridgehead atoms. The van der Waals surface area contributed by atoms with Crippen LogP contribution in [0, 0.1) is 5.92 Å². The number of ether oxygens (including phenoxy) is 2. The predicted octanol–water partition coefficient (Wildman–Crippen LogP) is 5.04. The first kappa shape index (κ1) is 30.1. The maximum absolute atomic E-state index is 13.3. The SMILES string of the molecule is O=C(N[C@@H](CC(=O)N1CCC(CCc2ccc3c(n2)NCCC3)CC1)C(=O)OCc1ccccc1)OCc1ccccc1. The van der Waals surface area contributed by atoms with E-state index < -0.39 is 18.1 Å². The minimum Gasteiger partial charge on any atom is -0.459 e. The molecule has 0 unspecified atom stereocenters. The lowest BCUT2D eigenvalue weighted by Crippen LogP contribution is -2.47. The van der Waals surface area contributed by atoms with E-state index >= 15 is 0 Å². The van der Waals surface area contributed by atoms with Gasteiger partial charge >= 0.3 is 12.1 Å². The number of hydrogen-bond acceptors (Lipinski definition) is 7. The molecule has 0 saturated carbocycles. The Balaban J connectivity index is 1.11. The van der Waals surface area contributed by atoms with E-state index in [0.29, 0.717) is 19.0 Å². The molecule has 226 valence electrons. The first-order valence-corrected chi connectivity index (χ1v) is 15.2. The number of rotatable bonds is 11. The number of likely N-dealkylation sites (tertiary alicyclic amines) is 1. The van der Waals surface area contributed by atoms with Gasteiger partial charge in [0.1, 0.15) is 25.1 Å². The van der Waals surface area contributed by atoms with Crippen LogP contribution in [0.1, 0.15) is 54.5 Å². The van der Waals surface area contributed by atoms with Crippen molar-refractivity contribution in [3.63, 3.8) is 0 Å². The third kappa shape index (κ3) is 9.04. The Morgan fingerprint density at radius 2 is 1.58 bits per heavy atom. The Labute approximate surface area is 253 Å². The van der Waals surface area contributed by atoms with Crippen LogP contribution in [0.4, 0.5) is 10.6 Å². The lowest BCUT2D eigenvalue weighted by Gasteiger charge is -2.33. The van der Waals surface area contributed by atoms with Gasteiger partial charge in [0.05, 0.1) is 6.42 Å². The number of hydrogen-bond donors (Lipinski definition) is 2. The zero-order valence-corrected chi connectivity index (χ0v) is 24.5. The standard InChI is InChI=1S/C34H40N4O5/c39-31(38-20-17-25(18-21-38)13-15-29-16-14-28-12-7-19-35-32(28)36-29)22-30(33(40)42-23-26-8-3-1-4-9-26)37-34(41)43-24-27-10-5-2-6-11-27/h1-6,8-11,14,16,25,30H,7,12-13,15,17-24H2,(H,35,36)(H,37,41)/t30-/m0/s1. The van der Waals surface area contributed by atoms with E-state index in [1.165, 1.54) is 5.56 Å². The van der Waals surface area contributed by atoms with Gasteiger partial charge in [0.2, 0.25) is 5.91 Å². The van der Waals surface area contributed by atoms with Gasteiger partial charge in [0.15, 0.2) is 0 Å². The monoisotopic (exact) mass is 584 g/mol. The lowest BCUT2D eigenvalue weighted by atomic mass is 9.91. The molecule has 2 amide bonds. The number of aromatic nitrogens is 1. The second-order valence-electron chi connectivity index (χ2n) is 11.3. The van der Waals surface area contributed by atoms with Gasteiger partial charge in [-0.3, -0.25) is 4.79 Å². The third-order valence-electron chi connectivity index (χ3n) is 8.12. The number of pyridine rings is 1. The second kappa shape index (κ2) is 15.2. The molecule has 1 fully saturated rings. The third-order valence-corrected chi connectivity index (χ3v) is 8.12. The molecule has 43 heavy (non-hydrogen) atoms. The summed E-state index contributed by atoms with van der Waals surface area (Å²) >= 11 is 0. The predicted molar refractivity (Wildman–Crippen MR) is 163 cm³/mol. The summed E-state index contributed by atoms with van der Waals surface area (Å²) in [5.41, 5.74) is 4.03. The molecule has 3 aromatic rings. The normalized spacial score (nSPS) is 15.5. The number of anilines is 1. The summed E-state index contributed by atoms with van der Waals surface area (Å²) in [6.45, 7) is 2.31. The Hall–Kier alpha value is -4.40. The average Bonchev–Trinajstić information content (AvgIpc) is 3.06. The Bertz CT molecular complexity index is 1360. The molecule has 2 aromatic carbocycles. The highest BCUT2D eigenvalue weighted by Gasteiger charge is 2.30. The van der Waals surface area contributed by atoms with Crippen molar-refractivity contribution in [2.24, 2.45) is 5.92 Å². The van der Waals surface area contributed by atoms with Gasteiger partial charge < -0.3 is 25.0 Å². The molecule has 2 aliphatic heterocycles. The zero-order chi connectivity index (χ0) is 29.9. The van der Waals surface area contributed by atoms with Gasteiger partial charge in [0.25, 0.3) is 0 Å². The molecule has 1 aromatic heterocycles. The van der Waals surface area contributed by atoms with Crippen LogP contribution in [0.25, 0.3) is 0 Å². The van der Waals surface area contributed by atoms with Gasteiger partial charge in [-0.25, -0.2) is 14.6 Å². The number of carbonyl (C=O) groups excluding carboxylic acids is 3. The number of alkyl carbamates (subject to hydrolysis) is 1. The number of carbonyl (C=O) groups is 3. The van der Waals surface area contributed by atoms with Gasteiger partial charge in [0, 0.05) is 25.3 Å². The molecule has 1 saturated heterocycles. The Morgan fingerprint density at radius 1 is 0.907 bits per heavy atom. The quantitative estimate of drug-likeness (QED) is 0.304. The number of aryl methyl sites for hydroxylation is 2. The van der Waals surface area contributed by atoms with Gasteiger partial charge in [-0.05, 0) is 67.2 Å². The van der Waals surface area contributed by atoms with E-state index in [9.17, 15) is 14.4 Å². The number of amides is 2. The molecule has 0 aliphatic carbocycles. The fraction of sp³-hybridized carbons (Fsp3) is 0.412. The van der Waals surface area contributed by atoms with Gasteiger partial charge in [-0.15, -0.1) is 0 Å². The number of fused-ring (bicyclic) bond motifs is 1. The Kier molecular flexibility index (Phi) is 10.6. The summed E-state index contributed by atoms with van der Waals surface area (Å²) in [7, 11) is 0. The van der Waals surface area contributed by atoms with E-state index in [2.05, 4.69) is 22.8 Å². The summed E-state index contributed by atoms with van der Waals surface area (Å²) in [5, 5.41) is 5.97. The summed E-state index contributed by atoms with van der Waals surface area (Å²) < 4.78 is 10.8. The van der Waals surface area contributed by atoms with Crippen molar-refractivity contribution in [1.29, 1.82) is 0 Å². The minimum atomic E-state index is -1.15. The molecule has 3 heterocycles. The van der Waals surface area contributed by atoms with Crippen molar-refractivity contribution >= 4 is 23.8 Å². The second-order valence-corrected chi connectivity index (χ2v) is 11.3. The van der Waals surface area contributed by atoms with Gasteiger partial charge in [-0.2, -0.15) is 0 Å². The number of nitrogens with zero attached hydrogens (tertiary/aromatic N) is 2. The van der Waals surface area contributed by atoms with Crippen LogP contribution in [0.5, 0.6) is 0 Å². The highest BCUT2D eigenvalue weighted by atomic mass is 16.6. The molecule has 2 aliphatic rings. The molecule has 0 radical (unpaired) electrons. The largest absolute Gasteiger partial charge is 0.459 e. The number of nitrogens with one attached hydrogen (secondary N) is 2. The summed E-state index contributed by atoms with van der Waals surface area (Å²) in [6.07, 6.45) is 4.99. The fourth-order valence-electron chi connectivity index (χ4n) is 5.56. The smallest absolute Gasteiger partial charge is 0.408 e. The van der Waals surface area contributed by atoms with Crippen LogP contribution in [-0.2, 0) is 45.1 Å². The summed E-state index contributed by atoms with van der Waals surface area (Å²) in [5.74, 6) is 0.674.